The van der Waals surface area contributed by atoms with Crippen molar-refractivity contribution in [3.63, 3.8) is 0 Å². The molecule has 2 aliphatic heterocycles. The molecule has 3 heteroatoms. The van der Waals surface area contributed by atoms with Gasteiger partial charge in [0, 0.05) is 34.9 Å². The lowest BCUT2D eigenvalue weighted by atomic mass is 9.51. The van der Waals surface area contributed by atoms with E-state index in [0.29, 0.717) is 52.6 Å². The van der Waals surface area contributed by atoms with Gasteiger partial charge in [-0.1, -0.05) is 124 Å². The Hall–Kier alpha value is -1.84. The van der Waals surface area contributed by atoms with Crippen molar-refractivity contribution in [2.45, 2.75) is 152 Å². The molecule has 1 N–H and O–H groups in total. The number of hydrogen-bond donors (Lipinski definition) is 1. The van der Waals surface area contributed by atoms with Crippen molar-refractivity contribution in [3.8, 4) is 0 Å². The molecular weight excluding hydrogens is 697 g/mol. The van der Waals surface area contributed by atoms with Crippen LogP contribution >= 0.6 is 11.8 Å². The zero-order valence-electron chi connectivity index (χ0n) is 34.8. The highest BCUT2D eigenvalue weighted by molar-refractivity contribution is 8.02. The zero-order chi connectivity index (χ0) is 37.4. The number of nitrogens with zero attached hydrogens (tertiary/aromatic N) is 1. The second-order valence-corrected chi connectivity index (χ2v) is 23.2. The van der Waals surface area contributed by atoms with Crippen LogP contribution < -0.4 is 5.32 Å². The van der Waals surface area contributed by atoms with E-state index >= 15 is 0 Å². The molecule has 0 aromatic heterocycles. The lowest BCUT2D eigenvalue weighted by Crippen LogP contribution is -2.50. The molecule has 18 unspecified atom stereocenters. The molecule has 6 saturated carbocycles. The van der Waals surface area contributed by atoms with Crippen LogP contribution in [0.25, 0.3) is 0 Å². The van der Waals surface area contributed by atoms with Gasteiger partial charge in [0.1, 0.15) is 0 Å². The Labute approximate surface area is 343 Å². The van der Waals surface area contributed by atoms with Crippen molar-refractivity contribution < 1.29 is 0 Å². The van der Waals surface area contributed by atoms with Gasteiger partial charge in [-0.25, -0.2) is 0 Å². The van der Waals surface area contributed by atoms with E-state index in [4.69, 9.17) is 4.99 Å². The average Bonchev–Trinajstić information content (AvgIpc) is 3.55. The summed E-state index contributed by atoms with van der Waals surface area (Å²) in [6.07, 6.45) is 53.1. The van der Waals surface area contributed by atoms with Crippen LogP contribution in [0.5, 0.6) is 0 Å². The Balaban J connectivity index is 0.931. The molecule has 0 aromatic rings. The molecule has 298 valence electrons. The Morgan fingerprint density at radius 3 is 2.54 bits per heavy atom. The lowest BCUT2D eigenvalue weighted by Gasteiger charge is -2.53. The summed E-state index contributed by atoms with van der Waals surface area (Å²) >= 11 is 2.45. The summed E-state index contributed by atoms with van der Waals surface area (Å²) in [5, 5.41) is 5.22. The topological polar surface area (TPSA) is 24.4 Å². The van der Waals surface area contributed by atoms with Gasteiger partial charge in [0.25, 0.3) is 0 Å². The summed E-state index contributed by atoms with van der Waals surface area (Å²) in [5.41, 5.74) is 6.01. The van der Waals surface area contributed by atoms with Gasteiger partial charge >= 0.3 is 0 Å². The third-order valence-corrected chi connectivity index (χ3v) is 22.2. The molecule has 7 fully saturated rings. The standard InChI is InChI=1S/C53H70N2S/c1-4-51-30-16-23-38(46(51)44-37(32(51)2)26-27-40-39-21-9-11-24-42(39)52(47(40)44)28-13-6-14-29-52)35-19-15-20-36(31-35)45-50-53(45)49(41-22-10-12-25-43(41)56-53)54-33(3)48(55-50)34-17-7-5-8-18-34/h5,7-9,11,15-17,19,21,30-34,36-38,40-47,49-50,54H,4,6,10,12-14,18,20,22-29H2,1-3H3. The van der Waals surface area contributed by atoms with Crippen LogP contribution in [-0.2, 0) is 0 Å². The number of nitrogens with one attached hydrogen (secondary N) is 1. The van der Waals surface area contributed by atoms with Crippen LogP contribution in [0.2, 0.25) is 0 Å². The highest BCUT2D eigenvalue weighted by Gasteiger charge is 2.77. The minimum Gasteiger partial charge on any atom is -0.305 e. The third kappa shape index (κ3) is 4.83. The maximum absolute atomic E-state index is 5.97. The first kappa shape index (κ1) is 36.0. The van der Waals surface area contributed by atoms with E-state index in [-0.39, 0.29) is 4.75 Å². The van der Waals surface area contributed by atoms with Crippen molar-refractivity contribution in [1.29, 1.82) is 0 Å². The van der Waals surface area contributed by atoms with Crippen LogP contribution in [0.4, 0.5) is 0 Å². The number of aliphatic imine (C=N–C) groups is 1. The molecule has 2 heterocycles. The second kappa shape index (κ2) is 13.3. The molecule has 0 radical (unpaired) electrons. The van der Waals surface area contributed by atoms with E-state index in [1.807, 2.05) is 5.57 Å². The normalized spacial score (nSPS) is 52.7. The fourth-order valence-corrected chi connectivity index (χ4v) is 20.5. The third-order valence-electron chi connectivity index (χ3n) is 20.1. The fourth-order valence-electron chi connectivity index (χ4n) is 18.1. The monoisotopic (exact) mass is 767 g/mol. The second-order valence-electron chi connectivity index (χ2n) is 21.6. The van der Waals surface area contributed by atoms with Crippen molar-refractivity contribution in [2.75, 3.05) is 0 Å². The summed E-state index contributed by atoms with van der Waals surface area (Å²) in [7, 11) is 0. The molecule has 56 heavy (non-hydrogen) atoms. The molecule has 12 aliphatic rings. The van der Waals surface area contributed by atoms with Gasteiger partial charge in [-0.15, -0.1) is 11.8 Å². The largest absolute Gasteiger partial charge is 0.305 e. The maximum Gasteiger partial charge on any atom is 0.0714 e. The first-order chi connectivity index (χ1) is 27.5. The van der Waals surface area contributed by atoms with E-state index in [2.05, 4.69) is 111 Å². The van der Waals surface area contributed by atoms with E-state index in [1.165, 1.54) is 102 Å². The van der Waals surface area contributed by atoms with Crippen LogP contribution in [0.3, 0.4) is 0 Å². The minimum absolute atomic E-state index is 0.278. The quantitative estimate of drug-likeness (QED) is 0.288. The SMILES string of the molecule is CCC12C=CCC(C3=CC(C4C5N=C(C6C=CC=CC6)C(C)NC6C7CCCCC7SC564)CC=C3)C1C1C(CCC3C4=CC=CCC4C4(CCCCC4)C31)C2C. The van der Waals surface area contributed by atoms with Crippen molar-refractivity contribution in [2.24, 2.45) is 86.8 Å². The minimum atomic E-state index is 0.278. The molecule has 0 amide bonds. The number of allylic oxidation sites excluding steroid dienone is 14. The zero-order valence-corrected chi connectivity index (χ0v) is 35.7. The maximum atomic E-state index is 5.97. The highest BCUT2D eigenvalue weighted by atomic mass is 32.2. The fraction of sp³-hybridized carbons (Fsp3) is 0.717. The lowest BCUT2D eigenvalue weighted by molar-refractivity contribution is -0.0368. The van der Waals surface area contributed by atoms with Crippen LogP contribution in [-0.4, -0.2) is 33.8 Å². The first-order valence-electron chi connectivity index (χ1n) is 24.3. The summed E-state index contributed by atoms with van der Waals surface area (Å²) in [6, 6.07) is 1.45. The first-order valence-corrected chi connectivity index (χ1v) is 25.2. The van der Waals surface area contributed by atoms with Gasteiger partial charge in [0.2, 0.25) is 0 Å². The summed E-state index contributed by atoms with van der Waals surface area (Å²) in [5.74, 6) is 9.11. The number of thioether (sulfide) groups is 1. The van der Waals surface area contributed by atoms with Gasteiger partial charge in [0.15, 0.2) is 0 Å². The van der Waals surface area contributed by atoms with Gasteiger partial charge in [-0.05, 0) is 153 Å². The Kier molecular flexibility index (Phi) is 8.58. The molecular formula is C53H70N2S. The van der Waals surface area contributed by atoms with Crippen molar-refractivity contribution in [3.05, 3.63) is 84.1 Å². The Bertz CT molecular complexity index is 1850. The summed E-state index contributed by atoms with van der Waals surface area (Å²) < 4.78 is 0.278. The molecule has 1 saturated heterocycles. The smallest absolute Gasteiger partial charge is 0.0714 e. The molecule has 18 atom stereocenters. The number of hydrogen-bond acceptors (Lipinski definition) is 3. The van der Waals surface area contributed by atoms with E-state index in [1.54, 1.807) is 5.57 Å². The predicted octanol–water partition coefficient (Wildman–Crippen LogP) is 12.4. The van der Waals surface area contributed by atoms with Crippen molar-refractivity contribution >= 4 is 17.5 Å². The predicted molar refractivity (Wildman–Crippen MR) is 236 cm³/mol. The van der Waals surface area contributed by atoms with Crippen LogP contribution in [0.15, 0.2) is 89.1 Å². The molecule has 0 bridgehead atoms. The number of fused-ring (bicyclic) bond motifs is 11. The average molecular weight is 767 g/mol. The van der Waals surface area contributed by atoms with Crippen LogP contribution in [0, 0.1) is 81.8 Å². The Morgan fingerprint density at radius 1 is 0.804 bits per heavy atom. The van der Waals surface area contributed by atoms with Crippen molar-refractivity contribution in [1.82, 2.24) is 5.32 Å². The van der Waals surface area contributed by atoms with E-state index in [0.717, 1.165) is 59.0 Å². The van der Waals surface area contributed by atoms with Gasteiger partial charge in [-0.2, -0.15) is 0 Å². The van der Waals surface area contributed by atoms with Crippen LogP contribution in [0.1, 0.15) is 124 Å². The Morgan fingerprint density at radius 2 is 1.68 bits per heavy atom. The van der Waals surface area contributed by atoms with Gasteiger partial charge in [-0.3, -0.25) is 4.99 Å². The van der Waals surface area contributed by atoms with E-state index in [9.17, 15) is 0 Å². The highest BCUT2D eigenvalue weighted by Crippen LogP contribution is 2.77. The molecule has 12 rings (SSSR count). The summed E-state index contributed by atoms with van der Waals surface area (Å²) in [6.45, 7) is 7.78. The van der Waals surface area contributed by atoms with Gasteiger partial charge < -0.3 is 5.32 Å². The molecule has 0 aromatic carbocycles. The summed E-state index contributed by atoms with van der Waals surface area (Å²) in [4.78, 5) is 5.97. The molecule has 2 spiro atoms. The molecule has 2 nitrogen and oxygen atoms in total. The molecule has 10 aliphatic carbocycles. The van der Waals surface area contributed by atoms with E-state index < -0.39 is 0 Å². The van der Waals surface area contributed by atoms with Gasteiger partial charge in [0.05, 0.1) is 10.8 Å². The number of rotatable bonds is 4.